The lowest BCUT2D eigenvalue weighted by atomic mass is 10.1. The molecule has 162 valence electrons. The van der Waals surface area contributed by atoms with Crippen molar-refractivity contribution in [3.8, 4) is 11.5 Å². The molecule has 0 saturated carbocycles. The van der Waals surface area contributed by atoms with Crippen LogP contribution in [0.4, 0.5) is 4.39 Å². The highest BCUT2D eigenvalue weighted by Gasteiger charge is 2.15. The summed E-state index contributed by atoms with van der Waals surface area (Å²) in [6.07, 6.45) is -0.792. The van der Waals surface area contributed by atoms with Crippen LogP contribution in [0.25, 0.3) is 0 Å². The van der Waals surface area contributed by atoms with Crippen LogP contribution >= 0.6 is 0 Å². The van der Waals surface area contributed by atoms with Gasteiger partial charge in [0, 0.05) is 19.6 Å². The van der Waals surface area contributed by atoms with E-state index in [1.54, 1.807) is 18.2 Å². The third-order valence-corrected chi connectivity index (χ3v) is 4.84. The number of aromatic hydroxyl groups is 1. The first kappa shape index (κ1) is 22.3. The van der Waals surface area contributed by atoms with Crippen LogP contribution in [0.3, 0.4) is 0 Å². The monoisotopic (exact) mass is 424 g/mol. The summed E-state index contributed by atoms with van der Waals surface area (Å²) in [4.78, 5) is 13.4. The van der Waals surface area contributed by atoms with Gasteiger partial charge in [-0.1, -0.05) is 42.5 Å². The molecule has 3 aromatic carbocycles. The van der Waals surface area contributed by atoms with Gasteiger partial charge in [-0.15, -0.1) is 0 Å². The Kier molecular flexibility index (Phi) is 7.59. The van der Waals surface area contributed by atoms with Crippen molar-refractivity contribution in [3.63, 3.8) is 0 Å². The van der Waals surface area contributed by atoms with Crippen molar-refractivity contribution in [3.05, 3.63) is 95.3 Å². The molecule has 6 nitrogen and oxygen atoms in total. The number of primary amides is 1. The molecule has 3 aromatic rings. The van der Waals surface area contributed by atoms with Crippen molar-refractivity contribution in [2.75, 3.05) is 19.7 Å². The Morgan fingerprint density at radius 3 is 2.45 bits per heavy atom. The standard InChI is InChI=1S/C24H25FN2O4/c25-19-8-6-18(7-9-19)23(29)16-27(15-17-4-2-1-3-5-17)12-13-31-20-10-11-22(28)21(14-20)24(26)30/h1-11,14,23,28-29H,12-13,15-16H2,(H2,26,30). The van der Waals surface area contributed by atoms with Gasteiger partial charge in [-0.2, -0.15) is 0 Å². The van der Waals surface area contributed by atoms with Crippen LogP contribution in [-0.4, -0.2) is 40.7 Å². The number of benzene rings is 3. The number of nitrogens with zero attached hydrogens (tertiary/aromatic N) is 1. The van der Waals surface area contributed by atoms with Crippen LogP contribution in [0.15, 0.2) is 72.8 Å². The predicted molar refractivity (Wildman–Crippen MR) is 115 cm³/mol. The fourth-order valence-electron chi connectivity index (χ4n) is 3.21. The average molecular weight is 424 g/mol. The molecule has 0 bridgehead atoms. The lowest BCUT2D eigenvalue weighted by Crippen LogP contribution is -2.32. The Bertz CT molecular complexity index is 996. The summed E-state index contributed by atoms with van der Waals surface area (Å²) < 4.78 is 18.9. The molecule has 7 heteroatoms. The minimum absolute atomic E-state index is 0.00891. The number of carbonyl (C=O) groups excluding carboxylic acids is 1. The highest BCUT2D eigenvalue weighted by molar-refractivity contribution is 5.95. The number of aliphatic hydroxyl groups excluding tert-OH is 1. The number of hydrogen-bond acceptors (Lipinski definition) is 5. The van der Waals surface area contributed by atoms with E-state index in [9.17, 15) is 19.4 Å². The normalized spacial score (nSPS) is 12.0. The van der Waals surface area contributed by atoms with Crippen LogP contribution in [0.1, 0.15) is 27.6 Å². The Morgan fingerprint density at radius 1 is 1.06 bits per heavy atom. The topological polar surface area (TPSA) is 96.0 Å². The molecular formula is C24H25FN2O4. The summed E-state index contributed by atoms with van der Waals surface area (Å²) in [5.74, 6) is -0.885. The van der Waals surface area contributed by atoms with Crippen molar-refractivity contribution in [2.24, 2.45) is 5.73 Å². The Hall–Kier alpha value is -3.42. The molecule has 0 spiro atoms. The van der Waals surface area contributed by atoms with Gasteiger partial charge in [0.15, 0.2) is 0 Å². The van der Waals surface area contributed by atoms with Gasteiger partial charge in [-0.3, -0.25) is 9.69 Å². The zero-order chi connectivity index (χ0) is 22.2. The van der Waals surface area contributed by atoms with Gasteiger partial charge in [0.05, 0.1) is 11.7 Å². The molecule has 0 saturated heterocycles. The number of nitrogens with two attached hydrogens (primary N) is 1. The number of ether oxygens (including phenoxy) is 1. The lowest BCUT2D eigenvalue weighted by Gasteiger charge is -2.25. The van der Waals surface area contributed by atoms with Crippen molar-refractivity contribution in [2.45, 2.75) is 12.6 Å². The van der Waals surface area contributed by atoms with Crippen molar-refractivity contribution in [1.82, 2.24) is 4.90 Å². The summed E-state index contributed by atoms with van der Waals surface area (Å²) in [6.45, 7) is 1.68. The summed E-state index contributed by atoms with van der Waals surface area (Å²) in [5.41, 5.74) is 6.95. The van der Waals surface area contributed by atoms with E-state index in [0.29, 0.717) is 30.9 Å². The molecule has 0 aliphatic carbocycles. The summed E-state index contributed by atoms with van der Waals surface area (Å²) in [5, 5.41) is 20.3. The maximum Gasteiger partial charge on any atom is 0.252 e. The number of phenols is 1. The summed E-state index contributed by atoms with van der Waals surface area (Å²) >= 11 is 0. The summed E-state index contributed by atoms with van der Waals surface area (Å²) in [7, 11) is 0. The molecule has 0 fully saturated rings. The van der Waals surface area contributed by atoms with Gasteiger partial charge < -0.3 is 20.7 Å². The minimum Gasteiger partial charge on any atom is -0.507 e. The average Bonchev–Trinajstić information content (AvgIpc) is 2.75. The molecule has 0 radical (unpaired) electrons. The lowest BCUT2D eigenvalue weighted by molar-refractivity contribution is 0.0977. The fraction of sp³-hybridized carbons (Fsp3) is 0.208. The molecule has 1 unspecified atom stereocenters. The van der Waals surface area contributed by atoms with Gasteiger partial charge in [0.25, 0.3) is 5.91 Å². The number of amides is 1. The maximum absolute atomic E-state index is 13.2. The first-order valence-electron chi connectivity index (χ1n) is 9.88. The zero-order valence-electron chi connectivity index (χ0n) is 16.9. The Labute approximate surface area is 180 Å². The highest BCUT2D eigenvalue weighted by atomic mass is 19.1. The second-order valence-electron chi connectivity index (χ2n) is 7.18. The van der Waals surface area contributed by atoms with Crippen LogP contribution in [-0.2, 0) is 6.54 Å². The van der Waals surface area contributed by atoms with E-state index in [-0.39, 0.29) is 23.7 Å². The predicted octanol–water partition coefficient (Wildman–Crippen LogP) is 3.24. The maximum atomic E-state index is 13.2. The smallest absolute Gasteiger partial charge is 0.252 e. The van der Waals surface area contributed by atoms with E-state index in [0.717, 1.165) is 5.56 Å². The first-order valence-corrected chi connectivity index (χ1v) is 9.88. The van der Waals surface area contributed by atoms with Gasteiger partial charge in [0.2, 0.25) is 0 Å². The van der Waals surface area contributed by atoms with Crippen molar-refractivity contribution in [1.29, 1.82) is 0 Å². The SMILES string of the molecule is NC(=O)c1cc(OCCN(Cc2ccccc2)CC(O)c2ccc(F)cc2)ccc1O. The van der Waals surface area contributed by atoms with Gasteiger partial charge in [0.1, 0.15) is 23.9 Å². The zero-order valence-corrected chi connectivity index (χ0v) is 16.9. The minimum atomic E-state index is -0.792. The molecule has 0 heterocycles. The molecule has 0 aromatic heterocycles. The number of halogens is 1. The Morgan fingerprint density at radius 2 is 1.77 bits per heavy atom. The van der Waals surface area contributed by atoms with E-state index in [4.69, 9.17) is 10.5 Å². The van der Waals surface area contributed by atoms with Gasteiger partial charge >= 0.3 is 0 Å². The quantitative estimate of drug-likeness (QED) is 0.464. The highest BCUT2D eigenvalue weighted by Crippen LogP contribution is 2.23. The van der Waals surface area contributed by atoms with E-state index < -0.39 is 12.0 Å². The second-order valence-corrected chi connectivity index (χ2v) is 7.18. The molecule has 4 N–H and O–H groups in total. The van der Waals surface area contributed by atoms with Gasteiger partial charge in [-0.25, -0.2) is 4.39 Å². The third kappa shape index (κ3) is 6.53. The first-order chi connectivity index (χ1) is 14.9. The van der Waals surface area contributed by atoms with E-state index in [1.807, 2.05) is 35.2 Å². The Balaban J connectivity index is 1.65. The number of carbonyl (C=O) groups is 1. The molecule has 0 aliphatic heterocycles. The molecule has 1 amide bonds. The van der Waals surface area contributed by atoms with E-state index >= 15 is 0 Å². The van der Waals surface area contributed by atoms with Crippen LogP contribution in [0, 0.1) is 5.82 Å². The number of hydrogen-bond donors (Lipinski definition) is 3. The molecule has 1 atom stereocenters. The number of aliphatic hydroxyl groups is 1. The molecule has 31 heavy (non-hydrogen) atoms. The van der Waals surface area contributed by atoms with Crippen LogP contribution in [0.2, 0.25) is 0 Å². The fourth-order valence-corrected chi connectivity index (χ4v) is 3.21. The van der Waals surface area contributed by atoms with Crippen molar-refractivity contribution >= 4 is 5.91 Å². The van der Waals surface area contributed by atoms with Crippen molar-refractivity contribution < 1.29 is 24.1 Å². The van der Waals surface area contributed by atoms with E-state index in [1.165, 1.54) is 24.3 Å². The largest absolute Gasteiger partial charge is 0.507 e. The van der Waals surface area contributed by atoms with E-state index in [2.05, 4.69) is 0 Å². The summed E-state index contributed by atoms with van der Waals surface area (Å²) in [6, 6.07) is 19.9. The second kappa shape index (κ2) is 10.6. The van der Waals surface area contributed by atoms with Crippen LogP contribution in [0.5, 0.6) is 11.5 Å². The molecule has 3 rings (SSSR count). The van der Waals surface area contributed by atoms with Crippen LogP contribution < -0.4 is 10.5 Å². The molecule has 0 aliphatic rings. The van der Waals surface area contributed by atoms with Gasteiger partial charge in [-0.05, 0) is 41.5 Å². The number of rotatable bonds is 10. The third-order valence-electron chi connectivity index (χ3n) is 4.84. The molecular weight excluding hydrogens is 399 g/mol.